The second-order valence-corrected chi connectivity index (χ2v) is 4.85. The van der Waals surface area contributed by atoms with Crippen LogP contribution in [0.2, 0.25) is 0 Å². The first-order chi connectivity index (χ1) is 8.63. The van der Waals surface area contributed by atoms with E-state index in [1.54, 1.807) is 6.07 Å². The summed E-state index contributed by atoms with van der Waals surface area (Å²) in [6.07, 6.45) is 3.29. The van der Waals surface area contributed by atoms with Crippen LogP contribution >= 0.6 is 0 Å². The van der Waals surface area contributed by atoms with Crippen molar-refractivity contribution >= 4 is 17.2 Å². The average molecular weight is 248 g/mol. The van der Waals surface area contributed by atoms with Crippen LogP contribution in [0.25, 0.3) is 0 Å². The molecule has 0 spiro atoms. The number of ketones is 1. The fourth-order valence-electron chi connectivity index (χ4n) is 2.58. The Labute approximate surface area is 107 Å². The van der Waals surface area contributed by atoms with Crippen molar-refractivity contribution in [1.29, 1.82) is 0 Å². The number of Topliss-reactive ketones (excluding diaryl/α,β-unsaturated/α-hetero) is 1. The van der Waals surface area contributed by atoms with Crippen molar-refractivity contribution in [3.8, 4) is 0 Å². The van der Waals surface area contributed by atoms with E-state index in [0.717, 1.165) is 31.5 Å². The van der Waals surface area contributed by atoms with E-state index in [4.69, 9.17) is 5.73 Å². The Balaban J connectivity index is 2.27. The summed E-state index contributed by atoms with van der Waals surface area (Å²) in [5.74, 6) is -0.0172. The summed E-state index contributed by atoms with van der Waals surface area (Å²) in [5.41, 5.74) is 7.98. The highest BCUT2D eigenvalue weighted by molar-refractivity contribution is 5.99. The number of aliphatic hydroxyl groups is 1. The molecule has 0 amide bonds. The first kappa shape index (κ1) is 12.9. The van der Waals surface area contributed by atoms with Crippen LogP contribution in [0, 0.1) is 0 Å². The van der Waals surface area contributed by atoms with Crippen molar-refractivity contribution in [2.75, 3.05) is 23.8 Å². The first-order valence-corrected chi connectivity index (χ1v) is 6.41. The van der Waals surface area contributed by atoms with Crippen LogP contribution in [0.15, 0.2) is 18.2 Å². The smallest absolute Gasteiger partial charge is 0.161 e. The summed E-state index contributed by atoms with van der Waals surface area (Å²) >= 11 is 0. The summed E-state index contributed by atoms with van der Waals surface area (Å²) in [7, 11) is 0. The van der Waals surface area contributed by atoms with Gasteiger partial charge in [0.1, 0.15) is 0 Å². The summed E-state index contributed by atoms with van der Waals surface area (Å²) < 4.78 is 0. The maximum atomic E-state index is 11.3. The van der Waals surface area contributed by atoms with Crippen molar-refractivity contribution in [2.24, 2.45) is 0 Å². The molecular formula is C14H20N2O2. The van der Waals surface area contributed by atoms with Crippen LogP contribution in [0.5, 0.6) is 0 Å². The van der Waals surface area contributed by atoms with Crippen molar-refractivity contribution in [2.45, 2.75) is 32.2 Å². The molecule has 1 aromatic carbocycles. The molecule has 1 saturated heterocycles. The molecule has 0 bridgehead atoms. The van der Waals surface area contributed by atoms with E-state index in [2.05, 4.69) is 4.90 Å². The molecule has 0 aliphatic carbocycles. The first-order valence-electron chi connectivity index (χ1n) is 6.41. The summed E-state index contributed by atoms with van der Waals surface area (Å²) in [6.45, 7) is 2.61. The molecule has 0 saturated carbocycles. The number of benzene rings is 1. The third kappa shape index (κ3) is 2.48. The van der Waals surface area contributed by atoms with Crippen LogP contribution in [-0.2, 0) is 0 Å². The van der Waals surface area contributed by atoms with Gasteiger partial charge >= 0.3 is 0 Å². The van der Waals surface area contributed by atoms with Crippen LogP contribution in [0.4, 0.5) is 11.4 Å². The molecule has 1 fully saturated rings. The fourth-order valence-corrected chi connectivity index (χ4v) is 2.58. The molecular weight excluding hydrogens is 228 g/mol. The average Bonchev–Trinajstić information content (AvgIpc) is 2.38. The second-order valence-electron chi connectivity index (χ2n) is 4.85. The van der Waals surface area contributed by atoms with Crippen LogP contribution in [0.3, 0.4) is 0 Å². The third-order valence-corrected chi connectivity index (χ3v) is 3.58. The van der Waals surface area contributed by atoms with Gasteiger partial charge in [0, 0.05) is 23.5 Å². The van der Waals surface area contributed by atoms with Crippen molar-refractivity contribution in [3.63, 3.8) is 0 Å². The number of carbonyl (C=O) groups excluding carboxylic acids is 1. The maximum absolute atomic E-state index is 11.3. The van der Waals surface area contributed by atoms with E-state index in [-0.39, 0.29) is 18.4 Å². The molecule has 1 atom stereocenters. The Morgan fingerprint density at radius 3 is 2.89 bits per heavy atom. The van der Waals surface area contributed by atoms with Gasteiger partial charge in [0.2, 0.25) is 0 Å². The number of anilines is 2. The van der Waals surface area contributed by atoms with Gasteiger partial charge in [-0.25, -0.2) is 0 Å². The number of aliphatic hydroxyl groups excluding tert-OH is 1. The normalized spacial score (nSPS) is 19.9. The van der Waals surface area contributed by atoms with Gasteiger partial charge in [-0.3, -0.25) is 4.79 Å². The standard InChI is InChI=1S/C14H20N2O2/c1-10(18)13-6-5-11(8-14(13)15)16-7-3-2-4-12(16)9-17/h5-6,8,12,17H,2-4,7,9,15H2,1H3. The number of nitrogens with two attached hydrogens (primary N) is 1. The van der Waals surface area contributed by atoms with Crippen molar-refractivity contribution in [1.82, 2.24) is 0 Å². The molecule has 3 N–H and O–H groups in total. The molecule has 1 aliphatic rings. The summed E-state index contributed by atoms with van der Waals surface area (Å²) in [6, 6.07) is 5.70. The minimum Gasteiger partial charge on any atom is -0.398 e. The Kier molecular flexibility index (Phi) is 3.87. The number of piperidine rings is 1. The van der Waals surface area contributed by atoms with Gasteiger partial charge in [-0.1, -0.05) is 0 Å². The highest BCUT2D eigenvalue weighted by Gasteiger charge is 2.22. The highest BCUT2D eigenvalue weighted by atomic mass is 16.3. The zero-order valence-corrected chi connectivity index (χ0v) is 10.7. The molecule has 18 heavy (non-hydrogen) atoms. The van der Waals surface area contributed by atoms with E-state index >= 15 is 0 Å². The van der Waals surface area contributed by atoms with E-state index in [1.165, 1.54) is 6.92 Å². The zero-order chi connectivity index (χ0) is 13.1. The molecule has 4 heteroatoms. The molecule has 1 aliphatic heterocycles. The Morgan fingerprint density at radius 1 is 1.50 bits per heavy atom. The van der Waals surface area contributed by atoms with Crippen LogP contribution in [-0.4, -0.2) is 30.1 Å². The topological polar surface area (TPSA) is 66.6 Å². The Bertz CT molecular complexity index is 445. The molecule has 1 aromatic rings. The van der Waals surface area contributed by atoms with E-state index < -0.39 is 0 Å². The third-order valence-electron chi connectivity index (χ3n) is 3.58. The minimum absolute atomic E-state index is 0.0172. The van der Waals surface area contributed by atoms with E-state index in [9.17, 15) is 9.90 Å². The van der Waals surface area contributed by atoms with Gasteiger partial charge in [0.05, 0.1) is 12.6 Å². The maximum Gasteiger partial charge on any atom is 0.161 e. The molecule has 1 heterocycles. The van der Waals surface area contributed by atoms with Crippen LogP contribution in [0.1, 0.15) is 36.5 Å². The lowest BCUT2D eigenvalue weighted by atomic mass is 10.0. The monoisotopic (exact) mass is 248 g/mol. The number of carbonyl (C=O) groups is 1. The van der Waals surface area contributed by atoms with Crippen LogP contribution < -0.4 is 10.6 Å². The van der Waals surface area contributed by atoms with Crippen molar-refractivity contribution < 1.29 is 9.90 Å². The van der Waals surface area contributed by atoms with Gasteiger partial charge in [-0.15, -0.1) is 0 Å². The zero-order valence-electron chi connectivity index (χ0n) is 10.7. The molecule has 1 unspecified atom stereocenters. The predicted molar refractivity (Wildman–Crippen MR) is 72.9 cm³/mol. The summed E-state index contributed by atoms with van der Waals surface area (Å²) in [4.78, 5) is 13.5. The van der Waals surface area contributed by atoms with Gasteiger partial charge in [-0.05, 0) is 44.4 Å². The van der Waals surface area contributed by atoms with E-state index in [0.29, 0.717) is 11.3 Å². The van der Waals surface area contributed by atoms with Gasteiger partial charge < -0.3 is 15.7 Å². The molecule has 0 radical (unpaired) electrons. The minimum atomic E-state index is -0.0172. The molecule has 4 nitrogen and oxygen atoms in total. The number of hydrogen-bond donors (Lipinski definition) is 2. The van der Waals surface area contributed by atoms with E-state index in [1.807, 2.05) is 12.1 Å². The Morgan fingerprint density at radius 2 is 2.28 bits per heavy atom. The lowest BCUT2D eigenvalue weighted by molar-refractivity contribution is 0.101. The summed E-state index contributed by atoms with van der Waals surface area (Å²) in [5, 5.41) is 9.41. The lowest BCUT2D eigenvalue weighted by Gasteiger charge is -2.36. The largest absolute Gasteiger partial charge is 0.398 e. The molecule has 0 aromatic heterocycles. The van der Waals surface area contributed by atoms with Gasteiger partial charge in [-0.2, -0.15) is 0 Å². The molecule has 2 rings (SSSR count). The Hall–Kier alpha value is -1.55. The number of rotatable bonds is 3. The van der Waals surface area contributed by atoms with Gasteiger partial charge in [0.15, 0.2) is 5.78 Å². The lowest BCUT2D eigenvalue weighted by Crippen LogP contribution is -2.41. The predicted octanol–water partition coefficient (Wildman–Crippen LogP) is 1.82. The number of hydrogen-bond acceptors (Lipinski definition) is 4. The number of nitrogens with zero attached hydrogens (tertiary/aromatic N) is 1. The second kappa shape index (κ2) is 5.40. The fraction of sp³-hybridized carbons (Fsp3) is 0.500. The number of nitrogen functional groups attached to an aromatic ring is 1. The van der Waals surface area contributed by atoms with Gasteiger partial charge in [0.25, 0.3) is 0 Å². The SMILES string of the molecule is CC(=O)c1ccc(N2CCCCC2CO)cc1N. The quantitative estimate of drug-likeness (QED) is 0.632. The molecule has 98 valence electrons. The highest BCUT2D eigenvalue weighted by Crippen LogP contribution is 2.27. The van der Waals surface area contributed by atoms with Crippen molar-refractivity contribution in [3.05, 3.63) is 23.8 Å².